The molecule has 8 heteroatoms. The van der Waals surface area contributed by atoms with Crippen molar-refractivity contribution in [1.82, 2.24) is 4.98 Å². The van der Waals surface area contributed by atoms with Gasteiger partial charge in [-0.05, 0) is 30.7 Å². The fourth-order valence-electron chi connectivity index (χ4n) is 1.51. The SMILES string of the molecule is COc1ccc(NS(=O)(=O)c2cnc(Cl)s2)cc1C. The largest absolute Gasteiger partial charge is 0.496 e. The maximum absolute atomic E-state index is 12.1. The van der Waals surface area contributed by atoms with Gasteiger partial charge in [0.2, 0.25) is 0 Å². The molecule has 1 aromatic carbocycles. The molecule has 0 fully saturated rings. The molecule has 0 spiro atoms. The first kappa shape index (κ1) is 14.1. The molecule has 0 atom stereocenters. The second kappa shape index (κ2) is 5.36. The van der Waals surface area contributed by atoms with Gasteiger partial charge in [-0.3, -0.25) is 4.72 Å². The lowest BCUT2D eigenvalue weighted by Crippen LogP contribution is -2.11. The maximum Gasteiger partial charge on any atom is 0.273 e. The monoisotopic (exact) mass is 318 g/mol. The molecule has 0 unspecified atom stereocenters. The molecule has 5 nitrogen and oxygen atoms in total. The van der Waals surface area contributed by atoms with E-state index in [1.807, 2.05) is 6.92 Å². The zero-order valence-electron chi connectivity index (χ0n) is 10.2. The topological polar surface area (TPSA) is 68.3 Å². The summed E-state index contributed by atoms with van der Waals surface area (Å²) in [5.41, 5.74) is 1.30. The zero-order valence-corrected chi connectivity index (χ0v) is 12.6. The van der Waals surface area contributed by atoms with Crippen molar-refractivity contribution in [3.63, 3.8) is 0 Å². The highest BCUT2D eigenvalue weighted by Gasteiger charge is 2.18. The van der Waals surface area contributed by atoms with E-state index in [1.54, 1.807) is 25.3 Å². The van der Waals surface area contributed by atoms with Crippen molar-refractivity contribution in [3.05, 3.63) is 34.4 Å². The standard InChI is InChI=1S/C11H11ClN2O3S2/c1-7-5-8(3-4-9(7)17-2)14-19(15,16)10-6-13-11(12)18-10/h3-6,14H,1-2H3. The number of ether oxygens (including phenoxy) is 1. The molecule has 102 valence electrons. The van der Waals surface area contributed by atoms with Crippen molar-refractivity contribution in [2.45, 2.75) is 11.1 Å². The Hall–Kier alpha value is -1.31. The van der Waals surface area contributed by atoms with Gasteiger partial charge in [0.15, 0.2) is 8.68 Å². The summed E-state index contributed by atoms with van der Waals surface area (Å²) < 4.78 is 31.9. The normalized spacial score (nSPS) is 11.3. The Morgan fingerprint density at radius 1 is 1.42 bits per heavy atom. The van der Waals surface area contributed by atoms with Crippen LogP contribution in [0.5, 0.6) is 5.75 Å². The van der Waals surface area contributed by atoms with Crippen LogP contribution >= 0.6 is 22.9 Å². The molecule has 1 heterocycles. The molecule has 0 aliphatic rings. The predicted molar refractivity (Wildman–Crippen MR) is 75.7 cm³/mol. The average Bonchev–Trinajstić information content (AvgIpc) is 2.76. The molecule has 2 aromatic rings. The molecule has 0 saturated carbocycles. The summed E-state index contributed by atoms with van der Waals surface area (Å²) in [6.45, 7) is 1.83. The molecule has 0 bridgehead atoms. The minimum atomic E-state index is -3.65. The first-order valence-electron chi connectivity index (χ1n) is 5.21. The van der Waals surface area contributed by atoms with Crippen molar-refractivity contribution in [2.75, 3.05) is 11.8 Å². The van der Waals surface area contributed by atoms with E-state index in [4.69, 9.17) is 16.3 Å². The summed E-state index contributed by atoms with van der Waals surface area (Å²) in [7, 11) is -2.09. The van der Waals surface area contributed by atoms with Crippen LogP contribution in [0, 0.1) is 6.92 Å². The zero-order chi connectivity index (χ0) is 14.0. The number of thiazole rings is 1. The van der Waals surface area contributed by atoms with Crippen LogP contribution in [0.25, 0.3) is 0 Å². The van der Waals surface area contributed by atoms with E-state index in [9.17, 15) is 8.42 Å². The van der Waals surface area contributed by atoms with E-state index in [0.29, 0.717) is 11.4 Å². The van der Waals surface area contributed by atoms with Gasteiger partial charge in [-0.25, -0.2) is 13.4 Å². The van der Waals surface area contributed by atoms with E-state index in [2.05, 4.69) is 9.71 Å². The Morgan fingerprint density at radius 3 is 2.68 bits per heavy atom. The molecule has 1 aromatic heterocycles. The minimum Gasteiger partial charge on any atom is -0.496 e. The van der Waals surface area contributed by atoms with E-state index in [1.165, 1.54) is 6.20 Å². The molecule has 2 rings (SSSR count). The fourth-order valence-corrected chi connectivity index (χ4v) is 3.85. The summed E-state index contributed by atoms with van der Waals surface area (Å²) in [6.07, 6.45) is 1.23. The number of benzene rings is 1. The molecule has 0 radical (unpaired) electrons. The van der Waals surface area contributed by atoms with Crippen LogP contribution in [0.2, 0.25) is 4.47 Å². The fraction of sp³-hybridized carbons (Fsp3) is 0.182. The summed E-state index contributed by atoms with van der Waals surface area (Å²) in [4.78, 5) is 3.71. The molecule has 1 N–H and O–H groups in total. The Morgan fingerprint density at radius 2 is 2.16 bits per heavy atom. The van der Waals surface area contributed by atoms with Gasteiger partial charge < -0.3 is 4.74 Å². The third-order valence-corrected chi connectivity index (χ3v) is 5.33. The van der Waals surface area contributed by atoms with Crippen molar-refractivity contribution in [2.24, 2.45) is 0 Å². The second-order valence-corrected chi connectivity index (χ2v) is 7.24. The van der Waals surface area contributed by atoms with Crippen molar-refractivity contribution >= 4 is 38.6 Å². The first-order chi connectivity index (χ1) is 8.92. The van der Waals surface area contributed by atoms with Crippen molar-refractivity contribution in [3.8, 4) is 5.75 Å². The third kappa shape index (κ3) is 3.17. The predicted octanol–water partition coefficient (Wildman–Crippen LogP) is 2.91. The van der Waals surface area contributed by atoms with Gasteiger partial charge in [-0.2, -0.15) is 0 Å². The molecule has 0 saturated heterocycles. The van der Waals surface area contributed by atoms with Crippen molar-refractivity contribution in [1.29, 1.82) is 0 Å². The number of sulfonamides is 1. The molecule has 19 heavy (non-hydrogen) atoms. The number of methoxy groups -OCH3 is 1. The van der Waals surface area contributed by atoms with Gasteiger partial charge in [0.1, 0.15) is 5.75 Å². The van der Waals surface area contributed by atoms with E-state index >= 15 is 0 Å². The molecule has 0 aliphatic heterocycles. The van der Waals surface area contributed by atoms with E-state index < -0.39 is 10.0 Å². The van der Waals surface area contributed by atoms with E-state index in [0.717, 1.165) is 16.9 Å². The number of anilines is 1. The van der Waals surface area contributed by atoms with E-state index in [-0.39, 0.29) is 8.68 Å². The van der Waals surface area contributed by atoms with Crippen LogP contribution in [0.1, 0.15) is 5.56 Å². The maximum atomic E-state index is 12.1. The summed E-state index contributed by atoms with van der Waals surface area (Å²) >= 11 is 6.54. The van der Waals surface area contributed by atoms with Crippen LogP contribution in [-0.2, 0) is 10.0 Å². The Balaban J connectivity index is 2.28. The van der Waals surface area contributed by atoms with Gasteiger partial charge >= 0.3 is 0 Å². The molecule has 0 amide bonds. The highest BCUT2D eigenvalue weighted by atomic mass is 35.5. The van der Waals surface area contributed by atoms with Crippen molar-refractivity contribution < 1.29 is 13.2 Å². The highest BCUT2D eigenvalue weighted by Crippen LogP contribution is 2.26. The highest BCUT2D eigenvalue weighted by molar-refractivity contribution is 7.94. The molecular weight excluding hydrogens is 308 g/mol. The lowest BCUT2D eigenvalue weighted by Gasteiger charge is -2.09. The Bertz CT molecular complexity index is 698. The number of rotatable bonds is 4. The van der Waals surface area contributed by atoms with Gasteiger partial charge in [0, 0.05) is 5.69 Å². The van der Waals surface area contributed by atoms with Crippen LogP contribution in [0.4, 0.5) is 5.69 Å². The molecular formula is C11H11ClN2O3S2. The summed E-state index contributed by atoms with van der Waals surface area (Å²) in [6, 6.07) is 5.03. The quantitative estimate of drug-likeness (QED) is 0.941. The van der Waals surface area contributed by atoms with Crippen LogP contribution in [-0.4, -0.2) is 20.5 Å². The second-order valence-electron chi connectivity index (χ2n) is 3.72. The lowest BCUT2D eigenvalue weighted by molar-refractivity contribution is 0.412. The number of nitrogens with one attached hydrogen (secondary N) is 1. The van der Waals surface area contributed by atoms with Crippen LogP contribution < -0.4 is 9.46 Å². The van der Waals surface area contributed by atoms with Gasteiger partial charge in [0.25, 0.3) is 10.0 Å². The number of aryl methyl sites for hydroxylation is 1. The number of hydrogen-bond acceptors (Lipinski definition) is 5. The van der Waals surface area contributed by atoms with Crippen LogP contribution in [0.3, 0.4) is 0 Å². The smallest absolute Gasteiger partial charge is 0.273 e. The Labute approximate surface area is 120 Å². The van der Waals surface area contributed by atoms with Crippen LogP contribution in [0.15, 0.2) is 28.6 Å². The molecule has 0 aliphatic carbocycles. The third-order valence-electron chi connectivity index (χ3n) is 2.37. The first-order valence-corrected chi connectivity index (χ1v) is 7.89. The minimum absolute atomic E-state index is 0.0750. The van der Waals surface area contributed by atoms with Gasteiger partial charge in [0.05, 0.1) is 13.3 Å². The number of nitrogens with zero attached hydrogens (tertiary/aromatic N) is 1. The number of aromatic nitrogens is 1. The summed E-state index contributed by atoms with van der Waals surface area (Å²) in [5.74, 6) is 0.698. The van der Waals surface area contributed by atoms with Gasteiger partial charge in [-0.15, -0.1) is 0 Å². The number of halogens is 1. The summed E-state index contributed by atoms with van der Waals surface area (Å²) in [5, 5.41) is 0. The lowest BCUT2D eigenvalue weighted by atomic mass is 10.2. The van der Waals surface area contributed by atoms with Gasteiger partial charge in [-0.1, -0.05) is 22.9 Å². The Kier molecular flexibility index (Phi) is 3.98. The number of hydrogen-bond donors (Lipinski definition) is 1. The average molecular weight is 319 g/mol.